The molecule has 19 heavy (non-hydrogen) atoms. The summed E-state index contributed by atoms with van der Waals surface area (Å²) in [6.07, 6.45) is -7.39. The van der Waals surface area contributed by atoms with Gasteiger partial charge in [-0.1, -0.05) is 0 Å². The minimum Gasteiger partial charge on any atom is -1.00 e. The van der Waals surface area contributed by atoms with Crippen molar-refractivity contribution in [2.24, 2.45) is 0 Å². The van der Waals surface area contributed by atoms with Crippen LogP contribution < -0.4 is 88.7 Å². The Balaban J connectivity index is -0.0000000750. The van der Waals surface area contributed by atoms with Crippen LogP contribution in [0.2, 0.25) is 0 Å². The van der Waals surface area contributed by atoms with Gasteiger partial charge in [0.1, 0.15) is 24.4 Å². The molecule has 0 unspecified atom stereocenters. The quantitative estimate of drug-likeness (QED) is 0.196. The molecule has 0 aromatic rings. The third-order valence-electron chi connectivity index (χ3n) is 1.71. The molecule has 0 radical (unpaired) electrons. The predicted octanol–water partition coefficient (Wildman–Crippen LogP) is -12.4. The first-order valence-corrected chi connectivity index (χ1v) is 5.50. The van der Waals surface area contributed by atoms with E-state index in [9.17, 15) is 8.42 Å². The van der Waals surface area contributed by atoms with Crippen molar-refractivity contribution in [3.63, 3.8) is 0 Å². The second-order valence-corrected chi connectivity index (χ2v) is 4.10. The van der Waals surface area contributed by atoms with E-state index in [1.807, 2.05) is 0 Å². The van der Waals surface area contributed by atoms with Gasteiger partial charge in [-0.3, -0.25) is 4.55 Å². The van der Waals surface area contributed by atoms with Crippen molar-refractivity contribution >= 4 is 10.4 Å². The fourth-order valence-electron chi connectivity index (χ4n) is 0.817. The molecule has 0 saturated heterocycles. The van der Waals surface area contributed by atoms with E-state index in [0.717, 1.165) is 0 Å². The molecule has 0 aromatic heterocycles. The van der Waals surface area contributed by atoms with Crippen LogP contribution in [0.4, 0.5) is 0 Å². The van der Waals surface area contributed by atoms with Crippen molar-refractivity contribution in [3.8, 4) is 0 Å². The van der Waals surface area contributed by atoms with Gasteiger partial charge in [0.25, 0.3) is 0 Å². The molecule has 0 saturated carbocycles. The maximum absolute atomic E-state index is 10.1. The van der Waals surface area contributed by atoms with Gasteiger partial charge in [0.05, 0.1) is 13.2 Å². The Morgan fingerprint density at radius 3 is 1.63 bits per heavy atom. The van der Waals surface area contributed by atoms with Gasteiger partial charge in [0, 0.05) is 0 Å². The molecule has 4 atom stereocenters. The Hall–Kier alpha value is 2.67. The molecule has 0 aliphatic heterocycles. The Morgan fingerprint density at radius 1 is 0.947 bits per heavy atom. The SMILES string of the molecule is O=S(=O)(O)OC[C@@H](O)[C@@H](O)[C@H](O)[C@@H](O)CO.[H-].[H-].[H-].[Na+].[Na+].[Na+]. The summed E-state index contributed by atoms with van der Waals surface area (Å²) in [5.41, 5.74) is 0. The standard InChI is InChI=1S/C6H14O9S.3Na.3H/c7-1-3(8)5(10)6(11)4(9)2-15-16(12,13)14;;;;;;/h3-11H,1-2H2,(H,12,13,14);;;;;;/q;3*+1;3*-1/t3-,4+,5+,6+;;;;;;/m0....../s1. The Morgan fingerprint density at radius 2 is 1.32 bits per heavy atom. The summed E-state index contributed by atoms with van der Waals surface area (Å²) in [4.78, 5) is 0. The molecular formula is C6H17Na3O9S. The van der Waals surface area contributed by atoms with E-state index in [1.165, 1.54) is 0 Å². The number of hydrogen-bond acceptors (Lipinski definition) is 8. The van der Waals surface area contributed by atoms with Crippen LogP contribution in [-0.2, 0) is 14.6 Å². The normalized spacial score (nSPS) is 16.9. The number of aliphatic hydroxyl groups excluding tert-OH is 5. The Kier molecular flexibility index (Phi) is 22.3. The van der Waals surface area contributed by atoms with E-state index in [0.29, 0.717) is 0 Å². The van der Waals surface area contributed by atoms with Crippen molar-refractivity contribution in [2.75, 3.05) is 13.2 Å². The molecule has 0 fully saturated rings. The molecule has 0 heterocycles. The maximum Gasteiger partial charge on any atom is 1.00 e. The first-order valence-electron chi connectivity index (χ1n) is 4.14. The summed E-state index contributed by atoms with van der Waals surface area (Å²) in [5, 5.41) is 44.7. The van der Waals surface area contributed by atoms with Crippen molar-refractivity contribution in [1.82, 2.24) is 0 Å². The smallest absolute Gasteiger partial charge is 1.00 e. The second kappa shape index (κ2) is 14.3. The largest absolute Gasteiger partial charge is 1.00 e. The molecule has 0 bridgehead atoms. The Bertz CT molecular complexity index is 313. The number of hydrogen-bond donors (Lipinski definition) is 6. The van der Waals surface area contributed by atoms with Gasteiger partial charge in [-0.2, -0.15) is 8.42 Å². The summed E-state index contributed by atoms with van der Waals surface area (Å²) in [5.74, 6) is 0. The van der Waals surface area contributed by atoms with Gasteiger partial charge >= 0.3 is 99.1 Å². The Labute approximate surface area is 181 Å². The minimum absolute atomic E-state index is 0. The van der Waals surface area contributed by atoms with Gasteiger partial charge in [0.2, 0.25) is 0 Å². The zero-order valence-electron chi connectivity index (χ0n) is 14.0. The summed E-state index contributed by atoms with van der Waals surface area (Å²) in [7, 11) is -4.77. The molecule has 0 rings (SSSR count). The summed E-state index contributed by atoms with van der Waals surface area (Å²) in [6.45, 7) is -1.86. The van der Waals surface area contributed by atoms with Crippen LogP contribution in [0.15, 0.2) is 0 Å². The van der Waals surface area contributed by atoms with E-state index in [4.69, 9.17) is 30.1 Å². The second-order valence-electron chi connectivity index (χ2n) is 3.01. The summed E-state index contributed by atoms with van der Waals surface area (Å²) < 4.78 is 32.1. The molecular weight excluding hydrogens is 317 g/mol. The summed E-state index contributed by atoms with van der Waals surface area (Å²) >= 11 is 0. The molecule has 0 aliphatic carbocycles. The van der Waals surface area contributed by atoms with Gasteiger partial charge in [-0.15, -0.1) is 0 Å². The van der Waals surface area contributed by atoms with E-state index in [2.05, 4.69) is 4.18 Å². The van der Waals surface area contributed by atoms with E-state index in [-0.39, 0.29) is 93.0 Å². The first-order chi connectivity index (χ1) is 7.19. The van der Waals surface area contributed by atoms with E-state index < -0.39 is 48.0 Å². The fraction of sp³-hybridized carbons (Fsp3) is 1.00. The first kappa shape index (κ1) is 29.7. The topological polar surface area (TPSA) is 165 Å². The third-order valence-corrected chi connectivity index (χ3v) is 2.15. The molecule has 6 N–H and O–H groups in total. The van der Waals surface area contributed by atoms with Gasteiger partial charge < -0.3 is 29.8 Å². The maximum atomic E-state index is 10.1. The third kappa shape index (κ3) is 14.0. The zero-order valence-corrected chi connectivity index (χ0v) is 17.9. The van der Waals surface area contributed by atoms with Crippen LogP contribution in [-0.4, -0.2) is 76.1 Å². The average molecular weight is 334 g/mol. The molecule has 0 aromatic carbocycles. The average Bonchev–Trinajstić information content (AvgIpc) is 2.21. The van der Waals surface area contributed by atoms with Crippen molar-refractivity contribution in [1.29, 1.82) is 0 Å². The molecule has 104 valence electrons. The molecule has 13 heteroatoms. The van der Waals surface area contributed by atoms with Crippen LogP contribution >= 0.6 is 0 Å². The van der Waals surface area contributed by atoms with E-state index >= 15 is 0 Å². The summed E-state index contributed by atoms with van der Waals surface area (Å²) in [6, 6.07) is 0. The van der Waals surface area contributed by atoms with Gasteiger partial charge in [0.15, 0.2) is 0 Å². The van der Waals surface area contributed by atoms with Gasteiger partial charge in [-0.05, 0) is 0 Å². The molecule has 0 aliphatic rings. The van der Waals surface area contributed by atoms with Crippen LogP contribution in [0, 0.1) is 0 Å². The predicted molar refractivity (Wildman–Crippen MR) is 51.9 cm³/mol. The van der Waals surface area contributed by atoms with Crippen LogP contribution in [0.1, 0.15) is 4.28 Å². The monoisotopic (exact) mass is 334 g/mol. The molecule has 9 nitrogen and oxygen atoms in total. The minimum atomic E-state index is -4.77. The van der Waals surface area contributed by atoms with Crippen LogP contribution in [0.5, 0.6) is 0 Å². The number of rotatable bonds is 7. The van der Waals surface area contributed by atoms with E-state index in [1.54, 1.807) is 0 Å². The van der Waals surface area contributed by atoms with Crippen molar-refractivity contribution in [2.45, 2.75) is 24.4 Å². The fourth-order valence-corrected chi connectivity index (χ4v) is 1.13. The van der Waals surface area contributed by atoms with Crippen molar-refractivity contribution < 1.29 is 136 Å². The van der Waals surface area contributed by atoms with Gasteiger partial charge in [-0.25, -0.2) is 4.18 Å². The van der Waals surface area contributed by atoms with Crippen LogP contribution in [0.25, 0.3) is 0 Å². The molecule has 0 spiro atoms. The van der Waals surface area contributed by atoms with Crippen LogP contribution in [0.3, 0.4) is 0 Å². The number of aliphatic hydroxyl groups is 5. The molecule has 0 amide bonds. The zero-order chi connectivity index (χ0) is 12.9. The van der Waals surface area contributed by atoms with Crippen molar-refractivity contribution in [3.05, 3.63) is 0 Å².